The molecule has 0 aromatic heterocycles. The van der Waals surface area contributed by atoms with Gasteiger partial charge in [0.1, 0.15) is 5.70 Å². The molecule has 0 radical (unpaired) electrons. The van der Waals surface area contributed by atoms with Crippen LogP contribution in [0.4, 0.5) is 0 Å². The van der Waals surface area contributed by atoms with E-state index in [9.17, 15) is 4.79 Å². The van der Waals surface area contributed by atoms with Gasteiger partial charge in [-0.15, -0.1) is 0 Å². The third kappa shape index (κ3) is 4.36. The van der Waals surface area contributed by atoms with Crippen LogP contribution >= 0.6 is 27.5 Å². The van der Waals surface area contributed by atoms with E-state index in [-0.39, 0.29) is 11.6 Å². The Morgan fingerprint density at radius 2 is 1.62 bits per heavy atom. The number of halogens is 2. The quantitative estimate of drug-likeness (QED) is 0.357. The molecule has 4 rings (SSSR count). The van der Waals surface area contributed by atoms with Crippen molar-refractivity contribution in [3.8, 4) is 0 Å². The lowest BCUT2D eigenvalue weighted by Crippen LogP contribution is -2.27. The number of amidine groups is 1. The second-order valence-corrected chi connectivity index (χ2v) is 7.59. The van der Waals surface area contributed by atoms with E-state index in [1.54, 1.807) is 18.4 Å². The number of carbonyl (C=O) groups excluding carboxylic acids is 1. The molecule has 0 aliphatic carbocycles. The summed E-state index contributed by atoms with van der Waals surface area (Å²) in [4.78, 5) is 17.6. The maximum Gasteiger partial charge on any atom is 0.298 e. The summed E-state index contributed by atoms with van der Waals surface area (Å²) in [6.07, 6.45) is 3.32. The molecule has 1 aliphatic heterocycles. The maximum atomic E-state index is 13.1. The first kappa shape index (κ1) is 19.3. The van der Waals surface area contributed by atoms with Crippen molar-refractivity contribution < 1.29 is 4.79 Å². The number of aliphatic imine (C=N–C) groups is 1. The molecule has 3 aromatic rings. The maximum absolute atomic E-state index is 13.1. The average molecular weight is 465 g/mol. The van der Waals surface area contributed by atoms with Crippen LogP contribution in [0, 0.1) is 0 Å². The molecule has 0 atom stereocenters. The Labute approximate surface area is 182 Å². The Morgan fingerprint density at radius 3 is 2.34 bits per heavy atom. The number of benzene rings is 3. The van der Waals surface area contributed by atoms with Gasteiger partial charge in [0.15, 0.2) is 5.84 Å². The van der Waals surface area contributed by atoms with E-state index in [4.69, 9.17) is 11.6 Å². The van der Waals surface area contributed by atoms with E-state index >= 15 is 0 Å². The summed E-state index contributed by atoms with van der Waals surface area (Å²) in [7, 11) is 0. The van der Waals surface area contributed by atoms with Gasteiger partial charge in [-0.2, -0.15) is 10.1 Å². The smallest absolute Gasteiger partial charge is 0.265 e. The van der Waals surface area contributed by atoms with Gasteiger partial charge in [0.25, 0.3) is 5.91 Å². The molecule has 1 heterocycles. The topological polar surface area (TPSA) is 45.0 Å². The van der Waals surface area contributed by atoms with Crippen molar-refractivity contribution in [3.63, 3.8) is 0 Å². The summed E-state index contributed by atoms with van der Waals surface area (Å²) in [5.41, 5.74) is 2.69. The first-order chi connectivity index (χ1) is 14.1. The molecule has 1 amide bonds. The van der Waals surface area contributed by atoms with Gasteiger partial charge in [-0.05, 0) is 35.4 Å². The van der Waals surface area contributed by atoms with Crippen molar-refractivity contribution >= 4 is 51.6 Å². The molecule has 0 bridgehead atoms. The van der Waals surface area contributed by atoms with Crippen LogP contribution in [0.1, 0.15) is 16.7 Å². The van der Waals surface area contributed by atoms with Crippen molar-refractivity contribution in [3.05, 3.63) is 111 Å². The first-order valence-corrected chi connectivity index (χ1v) is 10.0. The summed E-state index contributed by atoms with van der Waals surface area (Å²) in [5.74, 6) is 0.166. The Morgan fingerprint density at radius 1 is 0.931 bits per heavy atom. The summed E-state index contributed by atoms with van der Waals surface area (Å²) in [6.45, 7) is 0. The second kappa shape index (κ2) is 8.55. The van der Waals surface area contributed by atoms with Crippen LogP contribution in [0.5, 0.6) is 0 Å². The van der Waals surface area contributed by atoms with Gasteiger partial charge in [0.05, 0.1) is 6.21 Å². The van der Waals surface area contributed by atoms with Gasteiger partial charge < -0.3 is 0 Å². The summed E-state index contributed by atoms with van der Waals surface area (Å²) >= 11 is 9.65. The van der Waals surface area contributed by atoms with Crippen LogP contribution in [0.15, 0.2) is 99.1 Å². The van der Waals surface area contributed by atoms with Crippen LogP contribution in [0.2, 0.25) is 5.02 Å². The fraction of sp³-hybridized carbons (Fsp3) is 0. The SMILES string of the molecule is O=C1/C(=C\c2ccccc2Cl)N=C(c2ccccc2)N1/N=C/c1ccc(Br)cc1. The Hall–Kier alpha value is -3.02. The zero-order valence-electron chi connectivity index (χ0n) is 15.2. The van der Waals surface area contributed by atoms with Crippen LogP contribution in [0.25, 0.3) is 6.08 Å². The largest absolute Gasteiger partial charge is 0.298 e. The van der Waals surface area contributed by atoms with Crippen LogP contribution in [-0.4, -0.2) is 23.0 Å². The van der Waals surface area contributed by atoms with E-state index in [0.717, 1.165) is 21.2 Å². The van der Waals surface area contributed by atoms with Crippen molar-refractivity contribution in [1.82, 2.24) is 5.01 Å². The molecule has 4 nitrogen and oxygen atoms in total. The summed E-state index contributed by atoms with van der Waals surface area (Å²) in [6, 6.07) is 24.5. The third-order valence-electron chi connectivity index (χ3n) is 4.26. The van der Waals surface area contributed by atoms with Crippen LogP contribution < -0.4 is 0 Å². The highest BCUT2D eigenvalue weighted by molar-refractivity contribution is 9.10. The predicted molar refractivity (Wildman–Crippen MR) is 121 cm³/mol. The molecule has 3 aromatic carbocycles. The minimum atomic E-state index is -0.308. The van der Waals surface area contributed by atoms with Crippen LogP contribution in [-0.2, 0) is 4.79 Å². The fourth-order valence-electron chi connectivity index (χ4n) is 2.80. The van der Waals surface area contributed by atoms with Crippen molar-refractivity contribution in [1.29, 1.82) is 0 Å². The molecule has 0 spiro atoms. The van der Waals surface area contributed by atoms with E-state index in [1.807, 2.05) is 72.8 Å². The zero-order valence-corrected chi connectivity index (χ0v) is 17.5. The molecule has 1 aliphatic rings. The average Bonchev–Trinajstić information content (AvgIpc) is 3.05. The number of hydrazone groups is 1. The Kier molecular flexibility index (Phi) is 5.69. The van der Waals surface area contributed by atoms with Gasteiger partial charge in [0, 0.05) is 15.1 Å². The highest BCUT2D eigenvalue weighted by atomic mass is 79.9. The molecule has 0 saturated carbocycles. The highest BCUT2D eigenvalue weighted by Crippen LogP contribution is 2.25. The Balaban J connectivity index is 1.73. The van der Waals surface area contributed by atoms with Crippen LogP contribution in [0.3, 0.4) is 0 Å². The third-order valence-corrected chi connectivity index (χ3v) is 5.13. The fourth-order valence-corrected chi connectivity index (χ4v) is 3.26. The Bertz CT molecular complexity index is 1140. The van der Waals surface area contributed by atoms with E-state index in [1.165, 1.54) is 5.01 Å². The molecular formula is C23H15BrClN3O. The lowest BCUT2D eigenvalue weighted by molar-refractivity contribution is -0.122. The normalized spacial score (nSPS) is 15.4. The summed E-state index contributed by atoms with van der Waals surface area (Å²) < 4.78 is 0.975. The number of carbonyl (C=O) groups is 1. The van der Waals surface area contributed by atoms with Gasteiger partial charge in [-0.1, -0.05) is 88.2 Å². The number of nitrogens with zero attached hydrogens (tertiary/aromatic N) is 3. The first-order valence-electron chi connectivity index (χ1n) is 8.86. The molecule has 0 unspecified atom stereocenters. The number of hydrogen-bond donors (Lipinski definition) is 0. The lowest BCUT2D eigenvalue weighted by atomic mass is 10.2. The molecule has 0 fully saturated rings. The molecule has 142 valence electrons. The molecule has 6 heteroatoms. The monoisotopic (exact) mass is 463 g/mol. The van der Waals surface area contributed by atoms with Gasteiger partial charge in [-0.25, -0.2) is 4.99 Å². The lowest BCUT2D eigenvalue weighted by Gasteiger charge is -2.11. The van der Waals surface area contributed by atoms with Gasteiger partial charge in [-0.3, -0.25) is 4.79 Å². The predicted octanol–water partition coefficient (Wildman–Crippen LogP) is 5.77. The van der Waals surface area contributed by atoms with E-state index in [0.29, 0.717) is 10.9 Å². The molecular weight excluding hydrogens is 450 g/mol. The molecule has 0 saturated heterocycles. The molecule has 0 N–H and O–H groups in total. The number of amides is 1. The minimum Gasteiger partial charge on any atom is -0.265 e. The van der Waals surface area contributed by atoms with E-state index in [2.05, 4.69) is 26.0 Å². The van der Waals surface area contributed by atoms with Crippen molar-refractivity contribution in [2.75, 3.05) is 0 Å². The van der Waals surface area contributed by atoms with Gasteiger partial charge in [0.2, 0.25) is 0 Å². The molecule has 29 heavy (non-hydrogen) atoms. The summed E-state index contributed by atoms with van der Waals surface area (Å²) in [5, 5.41) is 6.29. The highest BCUT2D eigenvalue weighted by Gasteiger charge is 2.31. The van der Waals surface area contributed by atoms with Crippen molar-refractivity contribution in [2.24, 2.45) is 10.1 Å². The number of hydrogen-bond acceptors (Lipinski definition) is 3. The van der Waals surface area contributed by atoms with Crippen molar-refractivity contribution in [2.45, 2.75) is 0 Å². The second-order valence-electron chi connectivity index (χ2n) is 6.27. The van der Waals surface area contributed by atoms with E-state index < -0.39 is 0 Å². The standard InChI is InChI=1S/C23H15BrClN3O/c24-19-12-10-16(11-13-19)15-26-28-22(17-6-2-1-3-7-17)27-21(23(28)29)14-18-8-4-5-9-20(18)25/h1-15H/b21-14+,26-15+. The van der Waals surface area contributed by atoms with Gasteiger partial charge >= 0.3 is 0 Å². The zero-order chi connectivity index (χ0) is 20.2. The number of rotatable bonds is 4. The minimum absolute atomic E-state index is 0.282.